The first-order valence-corrected chi connectivity index (χ1v) is 7.21. The Morgan fingerprint density at radius 1 is 1.50 bits per heavy atom. The molecule has 2 rings (SSSR count). The summed E-state index contributed by atoms with van der Waals surface area (Å²) >= 11 is 8.55. The number of nitrogens with zero attached hydrogens (tertiary/aromatic N) is 2. The van der Waals surface area contributed by atoms with Crippen LogP contribution in [0.5, 0.6) is 11.5 Å². The summed E-state index contributed by atoms with van der Waals surface area (Å²) in [5.74, 6) is 1.40. The van der Waals surface area contributed by atoms with Crippen LogP contribution in [0.2, 0.25) is 0 Å². The number of nitrogens with one attached hydrogen (secondary N) is 2. The summed E-state index contributed by atoms with van der Waals surface area (Å²) in [7, 11) is 1.62. The van der Waals surface area contributed by atoms with Gasteiger partial charge in [0.15, 0.2) is 11.5 Å². The molecule has 0 aliphatic carbocycles. The highest BCUT2D eigenvalue weighted by molar-refractivity contribution is 9.10. The second-order valence-electron chi connectivity index (χ2n) is 3.91. The lowest BCUT2D eigenvalue weighted by Gasteiger charge is -2.14. The molecule has 0 unspecified atom stereocenters. The lowest BCUT2D eigenvalue weighted by Crippen LogP contribution is -2.13. The van der Waals surface area contributed by atoms with Crippen LogP contribution in [-0.2, 0) is 6.54 Å². The van der Waals surface area contributed by atoms with Crippen molar-refractivity contribution in [3.8, 4) is 11.5 Å². The van der Waals surface area contributed by atoms with Crippen molar-refractivity contribution in [2.45, 2.75) is 13.5 Å². The number of ether oxygens (including phenoxy) is 2. The van der Waals surface area contributed by atoms with Gasteiger partial charge in [-0.1, -0.05) is 0 Å². The van der Waals surface area contributed by atoms with Gasteiger partial charge in [0.1, 0.15) is 6.33 Å². The van der Waals surface area contributed by atoms with E-state index in [-0.39, 0.29) is 0 Å². The van der Waals surface area contributed by atoms with E-state index in [1.165, 1.54) is 0 Å². The molecule has 0 bridgehead atoms. The molecule has 0 atom stereocenters. The van der Waals surface area contributed by atoms with E-state index in [9.17, 15) is 0 Å². The van der Waals surface area contributed by atoms with E-state index in [0.717, 1.165) is 10.0 Å². The molecule has 2 aromatic rings. The summed E-state index contributed by atoms with van der Waals surface area (Å²) in [5.41, 5.74) is 4.17. The molecule has 0 spiro atoms. The second-order valence-corrected chi connectivity index (χ2v) is 5.15. The second kappa shape index (κ2) is 6.76. The van der Waals surface area contributed by atoms with Gasteiger partial charge in [-0.3, -0.25) is 5.10 Å². The SMILES string of the molecule is CCOc1c(Br)cc(CNn2cn[nH]c2=S)cc1OC. The highest BCUT2D eigenvalue weighted by Gasteiger charge is 2.11. The number of hydrogen-bond acceptors (Lipinski definition) is 5. The normalized spacial score (nSPS) is 10.3. The Balaban J connectivity index is 2.18. The molecule has 0 saturated heterocycles. The Morgan fingerprint density at radius 3 is 2.90 bits per heavy atom. The van der Waals surface area contributed by atoms with Crippen LogP contribution >= 0.6 is 28.1 Å². The predicted octanol–water partition coefficient (Wildman–Crippen LogP) is 2.85. The number of aromatic amines is 1. The van der Waals surface area contributed by atoms with Gasteiger partial charge in [0.2, 0.25) is 4.77 Å². The summed E-state index contributed by atoms with van der Waals surface area (Å²) in [6.07, 6.45) is 1.59. The Hall–Kier alpha value is -1.54. The predicted molar refractivity (Wildman–Crippen MR) is 82.3 cm³/mol. The summed E-state index contributed by atoms with van der Waals surface area (Å²) in [5, 5.41) is 6.52. The third-order valence-electron chi connectivity index (χ3n) is 2.58. The smallest absolute Gasteiger partial charge is 0.214 e. The van der Waals surface area contributed by atoms with Crippen molar-refractivity contribution in [1.82, 2.24) is 14.9 Å². The molecule has 6 nitrogen and oxygen atoms in total. The van der Waals surface area contributed by atoms with Crippen LogP contribution in [0, 0.1) is 4.77 Å². The van der Waals surface area contributed by atoms with E-state index in [0.29, 0.717) is 29.4 Å². The van der Waals surface area contributed by atoms with E-state index >= 15 is 0 Å². The molecule has 0 radical (unpaired) electrons. The number of benzene rings is 1. The molecule has 0 aliphatic heterocycles. The van der Waals surface area contributed by atoms with Gasteiger partial charge in [-0.25, -0.2) is 4.68 Å². The zero-order chi connectivity index (χ0) is 14.5. The van der Waals surface area contributed by atoms with Gasteiger partial charge < -0.3 is 14.9 Å². The summed E-state index contributed by atoms with van der Waals surface area (Å²) < 4.78 is 13.9. The quantitative estimate of drug-likeness (QED) is 0.777. The monoisotopic (exact) mass is 358 g/mol. The van der Waals surface area contributed by atoms with Crippen molar-refractivity contribution in [3.05, 3.63) is 33.3 Å². The largest absolute Gasteiger partial charge is 0.493 e. The van der Waals surface area contributed by atoms with Crippen molar-refractivity contribution in [3.63, 3.8) is 0 Å². The first-order chi connectivity index (χ1) is 9.65. The number of aromatic nitrogens is 3. The average molecular weight is 359 g/mol. The molecule has 0 aliphatic rings. The van der Waals surface area contributed by atoms with Gasteiger partial charge in [0.25, 0.3) is 0 Å². The van der Waals surface area contributed by atoms with Crippen molar-refractivity contribution >= 4 is 28.1 Å². The van der Waals surface area contributed by atoms with Crippen molar-refractivity contribution in [2.75, 3.05) is 19.1 Å². The van der Waals surface area contributed by atoms with Crippen LogP contribution in [-0.4, -0.2) is 28.6 Å². The molecular formula is C12H15BrN4O2S. The minimum Gasteiger partial charge on any atom is -0.493 e. The minimum absolute atomic E-state index is 0.516. The molecule has 2 N–H and O–H groups in total. The van der Waals surface area contributed by atoms with Gasteiger partial charge in [-0.15, -0.1) is 0 Å². The molecule has 0 fully saturated rings. The summed E-state index contributed by atoms with van der Waals surface area (Å²) in [6.45, 7) is 3.09. The fourth-order valence-corrected chi connectivity index (χ4v) is 2.47. The molecule has 0 saturated carbocycles. The van der Waals surface area contributed by atoms with E-state index in [1.54, 1.807) is 18.1 Å². The Labute approximate surface area is 130 Å². The Morgan fingerprint density at radius 2 is 2.30 bits per heavy atom. The summed E-state index contributed by atoms with van der Waals surface area (Å²) in [4.78, 5) is 0. The molecule has 8 heteroatoms. The average Bonchev–Trinajstić information content (AvgIpc) is 2.84. The van der Waals surface area contributed by atoms with Gasteiger partial charge in [-0.2, -0.15) is 5.10 Å². The standard InChI is InChI=1S/C12H15BrN4O2S/c1-3-19-11-9(13)4-8(5-10(11)18-2)6-15-17-7-14-16-12(17)20/h4-5,7,15H,3,6H2,1-2H3,(H,16,20). The highest BCUT2D eigenvalue weighted by atomic mass is 79.9. The van der Waals surface area contributed by atoms with Gasteiger partial charge in [0.05, 0.1) is 24.7 Å². The maximum absolute atomic E-state index is 5.55. The van der Waals surface area contributed by atoms with Gasteiger partial charge in [0, 0.05) is 0 Å². The zero-order valence-electron chi connectivity index (χ0n) is 11.1. The van der Waals surface area contributed by atoms with Crippen LogP contribution in [0.25, 0.3) is 0 Å². The molecule has 1 aromatic heterocycles. The lowest BCUT2D eigenvalue weighted by molar-refractivity contribution is 0.308. The first-order valence-electron chi connectivity index (χ1n) is 6.00. The molecule has 20 heavy (non-hydrogen) atoms. The number of hydrogen-bond donors (Lipinski definition) is 2. The van der Waals surface area contributed by atoms with Gasteiger partial charge >= 0.3 is 0 Å². The van der Waals surface area contributed by atoms with Crippen molar-refractivity contribution in [2.24, 2.45) is 0 Å². The molecule has 108 valence electrons. The first kappa shape index (κ1) is 14.9. The zero-order valence-corrected chi connectivity index (χ0v) is 13.5. The van der Waals surface area contributed by atoms with Crippen molar-refractivity contribution < 1.29 is 9.47 Å². The summed E-state index contributed by atoms with van der Waals surface area (Å²) in [6, 6.07) is 3.90. The topological polar surface area (TPSA) is 64.1 Å². The van der Waals surface area contributed by atoms with Crippen LogP contribution < -0.4 is 14.9 Å². The Kier molecular flexibility index (Phi) is 5.02. The van der Waals surface area contributed by atoms with Crippen LogP contribution in [0.15, 0.2) is 22.9 Å². The lowest BCUT2D eigenvalue weighted by atomic mass is 10.2. The third kappa shape index (κ3) is 3.31. The van der Waals surface area contributed by atoms with Gasteiger partial charge in [-0.05, 0) is 52.8 Å². The van der Waals surface area contributed by atoms with E-state index in [1.807, 2.05) is 19.1 Å². The number of methoxy groups -OCH3 is 1. The van der Waals surface area contributed by atoms with E-state index in [2.05, 4.69) is 31.6 Å². The van der Waals surface area contributed by atoms with Crippen LogP contribution in [0.4, 0.5) is 0 Å². The van der Waals surface area contributed by atoms with E-state index in [4.69, 9.17) is 21.7 Å². The molecular weight excluding hydrogens is 344 g/mol. The fourth-order valence-electron chi connectivity index (χ4n) is 1.70. The van der Waals surface area contributed by atoms with Crippen LogP contribution in [0.3, 0.4) is 0 Å². The molecule has 0 amide bonds. The van der Waals surface area contributed by atoms with Crippen molar-refractivity contribution in [1.29, 1.82) is 0 Å². The maximum Gasteiger partial charge on any atom is 0.214 e. The number of H-pyrrole nitrogens is 1. The number of rotatable bonds is 6. The molecule has 1 heterocycles. The van der Waals surface area contributed by atoms with Crippen LogP contribution in [0.1, 0.15) is 12.5 Å². The Bertz CT molecular complexity index is 641. The highest BCUT2D eigenvalue weighted by Crippen LogP contribution is 2.36. The minimum atomic E-state index is 0.516. The third-order valence-corrected chi connectivity index (χ3v) is 3.46. The fraction of sp³-hybridized carbons (Fsp3) is 0.333. The number of halogens is 1. The molecule has 1 aromatic carbocycles. The van der Waals surface area contributed by atoms with E-state index < -0.39 is 0 Å². The maximum atomic E-state index is 5.55.